The van der Waals surface area contributed by atoms with Crippen LogP contribution >= 0.6 is 0 Å². The van der Waals surface area contributed by atoms with E-state index in [1.165, 1.54) is 6.20 Å². The van der Waals surface area contributed by atoms with Crippen LogP contribution in [0.2, 0.25) is 0 Å². The molecule has 2 aliphatic rings. The van der Waals surface area contributed by atoms with Crippen molar-refractivity contribution in [2.24, 2.45) is 13.0 Å². The van der Waals surface area contributed by atoms with Crippen LogP contribution in [0.5, 0.6) is 0 Å². The number of aliphatic hydroxyl groups excluding tert-OH is 1. The zero-order valence-corrected chi connectivity index (χ0v) is 22.7. The van der Waals surface area contributed by atoms with Crippen LogP contribution in [0.4, 0.5) is 20.2 Å². The third kappa shape index (κ3) is 3.74. The van der Waals surface area contributed by atoms with Crippen molar-refractivity contribution in [2.75, 3.05) is 43.9 Å². The van der Waals surface area contributed by atoms with Gasteiger partial charge >= 0.3 is 0 Å². The van der Waals surface area contributed by atoms with E-state index in [0.29, 0.717) is 63.2 Å². The van der Waals surface area contributed by atoms with Gasteiger partial charge in [0.1, 0.15) is 11.3 Å². The topological polar surface area (TPSA) is 123 Å². The molecule has 7 rings (SSSR count). The average molecular weight is 562 g/mol. The van der Waals surface area contributed by atoms with Crippen molar-refractivity contribution < 1.29 is 19.0 Å². The molecule has 5 aromatic rings. The first-order chi connectivity index (χ1) is 19.7. The number of aromatic nitrogens is 4. The van der Waals surface area contributed by atoms with E-state index in [1.807, 2.05) is 0 Å². The predicted octanol–water partition coefficient (Wildman–Crippen LogP) is 3.07. The number of hydrogen-bond acceptors (Lipinski definition) is 8. The van der Waals surface area contributed by atoms with Crippen molar-refractivity contribution in [3.05, 3.63) is 58.1 Å². The van der Waals surface area contributed by atoms with Gasteiger partial charge in [-0.2, -0.15) is 0 Å². The number of rotatable bonds is 4. The second-order valence-corrected chi connectivity index (χ2v) is 11.1. The van der Waals surface area contributed by atoms with Crippen LogP contribution in [0.15, 0.2) is 35.5 Å². The van der Waals surface area contributed by atoms with Gasteiger partial charge < -0.3 is 34.9 Å². The summed E-state index contributed by atoms with van der Waals surface area (Å²) in [7, 11) is 5.42. The number of pyridine rings is 3. The monoisotopic (exact) mass is 561 g/mol. The Hall–Kier alpha value is -4.13. The van der Waals surface area contributed by atoms with Crippen molar-refractivity contribution in [1.29, 1.82) is 0 Å². The maximum Gasteiger partial charge on any atom is 0.199 e. The lowest BCUT2D eigenvalue weighted by Gasteiger charge is -2.26. The molecule has 1 aromatic carbocycles. The highest BCUT2D eigenvalue weighted by Gasteiger charge is 2.41. The minimum Gasteiger partial charge on any atom is -0.386 e. The molecular weight excluding hydrogens is 532 g/mol. The number of nitrogens with one attached hydrogen (secondary N) is 2. The van der Waals surface area contributed by atoms with Gasteiger partial charge in [0.2, 0.25) is 0 Å². The Labute approximate surface area is 232 Å². The Morgan fingerprint density at radius 3 is 2.66 bits per heavy atom. The van der Waals surface area contributed by atoms with Gasteiger partial charge in [0.25, 0.3) is 0 Å². The third-order valence-electron chi connectivity index (χ3n) is 8.80. The molecule has 41 heavy (non-hydrogen) atoms. The number of likely N-dealkylation sites (tertiary alicyclic amines) is 1. The first-order valence-corrected chi connectivity index (χ1v) is 13.5. The summed E-state index contributed by atoms with van der Waals surface area (Å²) in [5.41, 5.74) is 2.74. The van der Waals surface area contributed by atoms with Gasteiger partial charge in [-0.1, -0.05) is 0 Å². The van der Waals surface area contributed by atoms with Crippen LogP contribution < -0.4 is 15.6 Å². The largest absolute Gasteiger partial charge is 0.386 e. The number of aliphatic hydroxyl groups is 2. The number of aryl methyl sites for hydroxylation is 1. The highest BCUT2D eigenvalue weighted by atomic mass is 19.2. The Morgan fingerprint density at radius 1 is 1.12 bits per heavy atom. The molecule has 0 spiro atoms. The molecule has 4 aromatic heterocycles. The van der Waals surface area contributed by atoms with Gasteiger partial charge in [0.05, 0.1) is 38.6 Å². The molecular formula is C29H29F2N7O3. The number of likely N-dealkylation sites (N-methyl/N-ethyl adjacent to an activating group) is 1. The lowest BCUT2D eigenvalue weighted by Crippen LogP contribution is -2.32. The van der Waals surface area contributed by atoms with E-state index in [-0.39, 0.29) is 16.3 Å². The number of halogens is 2. The maximum absolute atomic E-state index is 15.6. The average Bonchev–Trinajstić information content (AvgIpc) is 3.65. The fourth-order valence-electron chi connectivity index (χ4n) is 6.75. The van der Waals surface area contributed by atoms with Crippen molar-refractivity contribution in [1.82, 2.24) is 24.4 Å². The van der Waals surface area contributed by atoms with Crippen LogP contribution in [-0.2, 0) is 7.05 Å². The minimum absolute atomic E-state index is 0.106. The van der Waals surface area contributed by atoms with Gasteiger partial charge in [0, 0.05) is 69.0 Å². The number of anilines is 2. The fourth-order valence-corrected chi connectivity index (χ4v) is 6.75. The molecule has 212 valence electrons. The molecule has 12 heteroatoms. The third-order valence-corrected chi connectivity index (χ3v) is 8.80. The lowest BCUT2D eigenvalue weighted by atomic mass is 10.0. The van der Waals surface area contributed by atoms with E-state index in [1.54, 1.807) is 37.1 Å². The molecule has 0 amide bonds. The van der Waals surface area contributed by atoms with Crippen LogP contribution in [-0.4, -0.2) is 74.4 Å². The van der Waals surface area contributed by atoms with Gasteiger partial charge in [-0.3, -0.25) is 4.79 Å². The molecule has 0 bridgehead atoms. The number of benzene rings is 1. The predicted molar refractivity (Wildman–Crippen MR) is 153 cm³/mol. The first kappa shape index (κ1) is 25.8. The highest BCUT2D eigenvalue weighted by Crippen LogP contribution is 2.45. The SMILES string of the molecule is CNc1cc(F)c(F)c2c1[nH]c1ncc(-c3cnc4c(c3)c(=O)c(C(O)O)cn4C)c(N3CC4CCN(C)[C@H]4C3)c12. The number of aromatic amines is 1. The molecule has 10 nitrogen and oxygen atoms in total. The Kier molecular flexibility index (Phi) is 5.79. The maximum atomic E-state index is 15.6. The molecule has 0 radical (unpaired) electrons. The summed E-state index contributed by atoms with van der Waals surface area (Å²) in [5.74, 6) is -1.51. The highest BCUT2D eigenvalue weighted by molar-refractivity contribution is 6.18. The van der Waals surface area contributed by atoms with E-state index in [9.17, 15) is 19.4 Å². The molecule has 2 saturated heterocycles. The Balaban J connectivity index is 1.54. The van der Waals surface area contributed by atoms with E-state index in [0.717, 1.165) is 25.6 Å². The summed E-state index contributed by atoms with van der Waals surface area (Å²) in [6, 6.07) is 3.09. The number of hydrogen-bond donors (Lipinski definition) is 4. The summed E-state index contributed by atoms with van der Waals surface area (Å²) in [5, 5.41) is 23.3. The molecule has 2 atom stereocenters. The molecule has 0 aliphatic carbocycles. The van der Waals surface area contributed by atoms with Crippen LogP contribution in [0, 0.1) is 17.6 Å². The number of H-pyrrole nitrogens is 1. The Bertz CT molecular complexity index is 1940. The molecule has 0 saturated carbocycles. The lowest BCUT2D eigenvalue weighted by molar-refractivity contribution is -0.0435. The van der Waals surface area contributed by atoms with E-state index in [4.69, 9.17) is 0 Å². The summed E-state index contributed by atoms with van der Waals surface area (Å²) in [6.07, 6.45) is 3.74. The summed E-state index contributed by atoms with van der Waals surface area (Å²) >= 11 is 0. The molecule has 1 unspecified atom stereocenters. The van der Waals surface area contributed by atoms with Gasteiger partial charge in [-0.25, -0.2) is 18.7 Å². The van der Waals surface area contributed by atoms with Gasteiger partial charge in [-0.15, -0.1) is 0 Å². The quantitative estimate of drug-likeness (QED) is 0.247. The smallest absolute Gasteiger partial charge is 0.199 e. The van der Waals surface area contributed by atoms with E-state index < -0.39 is 23.4 Å². The molecule has 4 N–H and O–H groups in total. The van der Waals surface area contributed by atoms with Crippen molar-refractivity contribution in [3.8, 4) is 11.1 Å². The second-order valence-electron chi connectivity index (χ2n) is 11.1. The van der Waals surface area contributed by atoms with E-state index in [2.05, 4.69) is 37.1 Å². The molecule has 2 fully saturated rings. The van der Waals surface area contributed by atoms with Crippen molar-refractivity contribution >= 4 is 44.3 Å². The van der Waals surface area contributed by atoms with Gasteiger partial charge in [-0.05, 0) is 32.0 Å². The summed E-state index contributed by atoms with van der Waals surface area (Å²) < 4.78 is 32.1. The summed E-state index contributed by atoms with van der Waals surface area (Å²) in [4.78, 5) is 30.1. The Morgan fingerprint density at radius 2 is 1.93 bits per heavy atom. The van der Waals surface area contributed by atoms with Crippen LogP contribution in [0.25, 0.3) is 44.1 Å². The second kappa shape index (κ2) is 9.20. The van der Waals surface area contributed by atoms with Crippen LogP contribution in [0.1, 0.15) is 18.3 Å². The first-order valence-electron chi connectivity index (χ1n) is 13.5. The zero-order valence-electron chi connectivity index (χ0n) is 22.7. The fraction of sp³-hybridized carbons (Fsp3) is 0.345. The standard InChI is InChI=1S/C29H29F2N7O3/c1-32-19-7-18(30)23(31)21-22-25(38-10-13-4-5-36(2)20(13)12-38)16(9-33-27(22)35-24(19)21)14-6-15-26(39)17(29(40)41)11-37(3)28(15)34-8-14/h6-9,11,13,20,29,32,40-41H,4-5,10,12H2,1-3H3,(H,33,35)/t13?,20-/m0/s1. The van der Waals surface area contributed by atoms with Gasteiger partial charge in [0.15, 0.2) is 23.4 Å². The van der Waals surface area contributed by atoms with Crippen LogP contribution in [0.3, 0.4) is 0 Å². The van der Waals surface area contributed by atoms with Crippen molar-refractivity contribution in [2.45, 2.75) is 18.8 Å². The van der Waals surface area contributed by atoms with Crippen molar-refractivity contribution in [3.63, 3.8) is 0 Å². The molecule has 2 aliphatic heterocycles. The summed E-state index contributed by atoms with van der Waals surface area (Å²) in [6.45, 7) is 2.43. The minimum atomic E-state index is -1.94. The number of nitrogens with zero attached hydrogens (tertiary/aromatic N) is 5. The molecule has 6 heterocycles. The normalized spacial score (nSPS) is 19.4. The zero-order chi connectivity index (χ0) is 28.7. The number of fused-ring (bicyclic) bond motifs is 5. The van der Waals surface area contributed by atoms with E-state index >= 15 is 4.39 Å².